The van der Waals surface area contributed by atoms with Crippen molar-refractivity contribution in [1.29, 1.82) is 0 Å². The molecule has 0 unspecified atom stereocenters. The minimum absolute atomic E-state index is 0.546. The van der Waals surface area contributed by atoms with Gasteiger partial charge in [0, 0.05) is 4.47 Å². The fourth-order valence-corrected chi connectivity index (χ4v) is 2.03. The molecule has 3 heteroatoms. The summed E-state index contributed by atoms with van der Waals surface area (Å²) in [6.45, 7) is 3.95. The lowest BCUT2D eigenvalue weighted by atomic mass is 10.1. The molecule has 0 saturated carbocycles. The Hall–Kier alpha value is -0.700. The molecule has 1 rings (SSSR count). The summed E-state index contributed by atoms with van der Waals surface area (Å²) in [5.74, 6) is 0. The molecule has 0 heterocycles. The van der Waals surface area contributed by atoms with Crippen LogP contribution in [0.1, 0.15) is 18.1 Å². The van der Waals surface area contributed by atoms with Crippen molar-refractivity contribution in [1.82, 2.24) is 0 Å². The van der Waals surface area contributed by atoms with Gasteiger partial charge < -0.3 is 0 Å². The maximum atomic E-state index is 10.4. The van der Waals surface area contributed by atoms with Crippen LogP contribution < -0.4 is 0 Å². The summed E-state index contributed by atoms with van der Waals surface area (Å²) in [7, 11) is 0. The third-order valence-corrected chi connectivity index (χ3v) is 2.48. The van der Waals surface area contributed by atoms with Gasteiger partial charge in [-0.15, -0.1) is 4.91 Å². The van der Waals surface area contributed by atoms with E-state index in [1.54, 1.807) is 6.07 Å². The first-order valence-electron chi connectivity index (χ1n) is 3.81. The molecule has 0 fully saturated rings. The average molecular weight is 228 g/mol. The highest BCUT2D eigenvalue weighted by Gasteiger charge is 2.05. The van der Waals surface area contributed by atoms with Gasteiger partial charge in [0.15, 0.2) is 0 Å². The Labute approximate surface area is 80.1 Å². The SMILES string of the molecule is CCc1c(Br)cc(C)cc1N=O. The van der Waals surface area contributed by atoms with E-state index in [-0.39, 0.29) is 0 Å². The van der Waals surface area contributed by atoms with E-state index in [1.165, 1.54) is 0 Å². The Bertz CT molecular complexity index is 310. The lowest BCUT2D eigenvalue weighted by Crippen LogP contribution is -1.85. The minimum atomic E-state index is 0.546. The number of hydrogen-bond acceptors (Lipinski definition) is 2. The third kappa shape index (κ3) is 1.72. The number of nitrogens with zero attached hydrogens (tertiary/aromatic N) is 1. The fraction of sp³-hybridized carbons (Fsp3) is 0.333. The molecule has 12 heavy (non-hydrogen) atoms. The zero-order chi connectivity index (χ0) is 9.14. The Morgan fingerprint density at radius 1 is 1.50 bits per heavy atom. The average Bonchev–Trinajstić information content (AvgIpc) is 2.03. The van der Waals surface area contributed by atoms with E-state index in [2.05, 4.69) is 21.1 Å². The molecule has 0 spiro atoms. The lowest BCUT2D eigenvalue weighted by molar-refractivity contribution is 1.11. The Balaban J connectivity index is 3.33. The quantitative estimate of drug-likeness (QED) is 0.709. The van der Waals surface area contributed by atoms with Crippen LogP contribution in [0.4, 0.5) is 5.69 Å². The Kier molecular flexibility index (Phi) is 2.98. The summed E-state index contributed by atoms with van der Waals surface area (Å²) >= 11 is 3.40. The number of halogens is 1. The predicted molar refractivity (Wildman–Crippen MR) is 53.7 cm³/mol. The summed E-state index contributed by atoms with van der Waals surface area (Å²) in [5.41, 5.74) is 2.58. The van der Waals surface area contributed by atoms with E-state index in [0.717, 1.165) is 22.0 Å². The molecule has 0 aliphatic rings. The second kappa shape index (κ2) is 3.81. The molecule has 2 nitrogen and oxygen atoms in total. The van der Waals surface area contributed by atoms with Gasteiger partial charge in [0.05, 0.1) is 0 Å². The minimum Gasteiger partial charge on any atom is -0.145 e. The molecular formula is C9H10BrNO. The van der Waals surface area contributed by atoms with Crippen molar-refractivity contribution in [3.63, 3.8) is 0 Å². The van der Waals surface area contributed by atoms with Gasteiger partial charge in [-0.25, -0.2) is 0 Å². The summed E-state index contributed by atoms with van der Waals surface area (Å²) in [6.07, 6.45) is 0.821. The molecule has 0 N–H and O–H groups in total. The van der Waals surface area contributed by atoms with Crippen LogP contribution in [0.15, 0.2) is 21.8 Å². The van der Waals surface area contributed by atoms with Crippen molar-refractivity contribution >= 4 is 21.6 Å². The van der Waals surface area contributed by atoms with Gasteiger partial charge in [-0.3, -0.25) is 0 Å². The van der Waals surface area contributed by atoms with Gasteiger partial charge in [0.1, 0.15) is 5.69 Å². The summed E-state index contributed by atoms with van der Waals surface area (Å²) in [6, 6.07) is 3.80. The van der Waals surface area contributed by atoms with Crippen molar-refractivity contribution in [2.45, 2.75) is 20.3 Å². The second-order valence-electron chi connectivity index (χ2n) is 2.69. The van der Waals surface area contributed by atoms with Crippen LogP contribution >= 0.6 is 15.9 Å². The van der Waals surface area contributed by atoms with Gasteiger partial charge in [0.2, 0.25) is 0 Å². The predicted octanol–water partition coefficient (Wildman–Crippen LogP) is 3.72. The zero-order valence-electron chi connectivity index (χ0n) is 7.10. The van der Waals surface area contributed by atoms with E-state index < -0.39 is 0 Å². The van der Waals surface area contributed by atoms with Gasteiger partial charge >= 0.3 is 0 Å². The number of benzene rings is 1. The van der Waals surface area contributed by atoms with Crippen LogP contribution in [0.2, 0.25) is 0 Å². The highest BCUT2D eigenvalue weighted by Crippen LogP contribution is 2.29. The van der Waals surface area contributed by atoms with Crippen LogP contribution in [-0.2, 0) is 6.42 Å². The molecular weight excluding hydrogens is 218 g/mol. The van der Waals surface area contributed by atoms with Crippen LogP contribution in [0, 0.1) is 11.8 Å². The van der Waals surface area contributed by atoms with Gasteiger partial charge in [0.25, 0.3) is 0 Å². The first-order chi connectivity index (χ1) is 5.69. The third-order valence-electron chi connectivity index (χ3n) is 1.77. The van der Waals surface area contributed by atoms with Crippen molar-refractivity contribution in [2.24, 2.45) is 5.18 Å². The lowest BCUT2D eigenvalue weighted by Gasteiger charge is -2.04. The number of rotatable bonds is 2. The van der Waals surface area contributed by atoms with E-state index in [9.17, 15) is 4.91 Å². The van der Waals surface area contributed by atoms with E-state index >= 15 is 0 Å². The number of aryl methyl sites for hydroxylation is 1. The molecule has 0 aromatic heterocycles. The highest BCUT2D eigenvalue weighted by atomic mass is 79.9. The molecule has 0 radical (unpaired) electrons. The molecule has 1 aromatic carbocycles. The Morgan fingerprint density at radius 2 is 2.17 bits per heavy atom. The van der Waals surface area contributed by atoms with E-state index in [4.69, 9.17) is 0 Å². The van der Waals surface area contributed by atoms with Crippen LogP contribution in [0.25, 0.3) is 0 Å². The van der Waals surface area contributed by atoms with Gasteiger partial charge in [-0.05, 0) is 41.8 Å². The molecule has 0 amide bonds. The number of nitroso groups, excluding NO2 is 1. The summed E-state index contributed by atoms with van der Waals surface area (Å²) in [4.78, 5) is 10.4. The normalized spacial score (nSPS) is 9.92. The first-order valence-corrected chi connectivity index (χ1v) is 4.60. The van der Waals surface area contributed by atoms with Gasteiger partial charge in [-0.2, -0.15) is 0 Å². The highest BCUT2D eigenvalue weighted by molar-refractivity contribution is 9.10. The molecule has 0 aliphatic heterocycles. The maximum absolute atomic E-state index is 10.4. The molecule has 0 bridgehead atoms. The monoisotopic (exact) mass is 227 g/mol. The molecule has 64 valence electrons. The van der Waals surface area contributed by atoms with Crippen LogP contribution in [0.3, 0.4) is 0 Å². The van der Waals surface area contributed by atoms with E-state index in [1.807, 2.05) is 19.9 Å². The molecule has 1 aromatic rings. The second-order valence-corrected chi connectivity index (χ2v) is 3.54. The smallest absolute Gasteiger partial charge is 0.112 e. The molecule has 0 aliphatic carbocycles. The van der Waals surface area contributed by atoms with Crippen molar-refractivity contribution in [2.75, 3.05) is 0 Å². The van der Waals surface area contributed by atoms with Gasteiger partial charge in [-0.1, -0.05) is 22.9 Å². The van der Waals surface area contributed by atoms with Crippen molar-refractivity contribution in [3.8, 4) is 0 Å². The maximum Gasteiger partial charge on any atom is 0.112 e. The first kappa shape index (κ1) is 9.39. The van der Waals surface area contributed by atoms with Crippen molar-refractivity contribution in [3.05, 3.63) is 32.6 Å². The van der Waals surface area contributed by atoms with E-state index in [0.29, 0.717) is 5.69 Å². The topological polar surface area (TPSA) is 29.4 Å². The fourth-order valence-electron chi connectivity index (χ4n) is 1.19. The summed E-state index contributed by atoms with van der Waals surface area (Å²) in [5, 5.41) is 2.98. The van der Waals surface area contributed by atoms with Crippen LogP contribution in [-0.4, -0.2) is 0 Å². The van der Waals surface area contributed by atoms with Crippen LogP contribution in [0.5, 0.6) is 0 Å². The summed E-state index contributed by atoms with van der Waals surface area (Å²) < 4.78 is 0.972. The Morgan fingerprint density at radius 3 is 2.67 bits per heavy atom. The number of hydrogen-bond donors (Lipinski definition) is 0. The van der Waals surface area contributed by atoms with Crippen molar-refractivity contribution < 1.29 is 0 Å². The largest absolute Gasteiger partial charge is 0.145 e. The standard InChI is InChI=1S/C9H10BrNO/c1-3-7-8(10)4-6(2)5-9(7)11-12/h4-5H,3H2,1-2H3. The molecule has 0 saturated heterocycles. The zero-order valence-corrected chi connectivity index (χ0v) is 8.68. The molecule has 0 atom stereocenters.